The first-order valence-electron chi connectivity index (χ1n) is 12.8. The zero-order chi connectivity index (χ0) is 29.2. The predicted molar refractivity (Wildman–Crippen MR) is 150 cm³/mol. The maximum Gasteiger partial charge on any atom is 0.416 e. The summed E-state index contributed by atoms with van der Waals surface area (Å²) in [5.41, 5.74) is 3.81. The van der Waals surface area contributed by atoms with Crippen LogP contribution in [0.4, 0.5) is 13.2 Å². The number of alkyl halides is 3. The summed E-state index contributed by atoms with van der Waals surface area (Å²) in [5.74, 6) is -0.180. The highest BCUT2D eigenvalue weighted by molar-refractivity contribution is 7.91. The van der Waals surface area contributed by atoms with Crippen LogP contribution in [0.25, 0.3) is 10.9 Å². The van der Waals surface area contributed by atoms with E-state index < -0.39 is 27.1 Å². The van der Waals surface area contributed by atoms with Crippen LogP contribution in [0, 0.1) is 0 Å². The van der Waals surface area contributed by atoms with Crippen LogP contribution in [0.1, 0.15) is 36.5 Å². The molecule has 0 bridgehead atoms. The van der Waals surface area contributed by atoms with Crippen LogP contribution in [0.2, 0.25) is 10.0 Å². The minimum absolute atomic E-state index is 0.0171. The van der Waals surface area contributed by atoms with Gasteiger partial charge >= 0.3 is 6.18 Å². The minimum atomic E-state index is -4.78. The maximum atomic E-state index is 14.3. The molecule has 218 valence electrons. The van der Waals surface area contributed by atoms with Crippen molar-refractivity contribution in [2.45, 2.75) is 50.0 Å². The van der Waals surface area contributed by atoms with Crippen LogP contribution in [0.5, 0.6) is 0 Å². The topological polar surface area (TPSA) is 110 Å². The molecule has 3 aromatic rings. The highest BCUT2D eigenvalue weighted by atomic mass is 35.5. The molecule has 3 N–H and O–H groups in total. The molecule has 1 aromatic heterocycles. The van der Waals surface area contributed by atoms with Gasteiger partial charge in [-0.2, -0.15) is 13.2 Å². The Hall–Kier alpha value is -2.22. The second kappa shape index (κ2) is 12.3. The lowest BCUT2D eigenvalue weighted by Crippen LogP contribution is -2.46. The Kier molecular flexibility index (Phi) is 9.48. The molecule has 8 nitrogen and oxygen atoms in total. The molecule has 1 aliphatic heterocycles. The lowest BCUT2D eigenvalue weighted by atomic mass is 10.0. The summed E-state index contributed by atoms with van der Waals surface area (Å²) >= 11 is 12.6. The van der Waals surface area contributed by atoms with E-state index in [1.54, 1.807) is 0 Å². The van der Waals surface area contributed by atoms with Gasteiger partial charge < -0.3 is 11.1 Å². The van der Waals surface area contributed by atoms with Crippen LogP contribution in [0.3, 0.4) is 0 Å². The number of hydrogen-bond donors (Lipinski definition) is 2. The fraction of sp³-hybridized carbons (Fsp3) is 0.462. The molecule has 40 heavy (non-hydrogen) atoms. The van der Waals surface area contributed by atoms with Crippen molar-refractivity contribution in [3.63, 3.8) is 0 Å². The van der Waals surface area contributed by atoms with Gasteiger partial charge in [-0.3, -0.25) is 14.3 Å². The molecular weight excluding hydrogens is 590 g/mol. The molecule has 1 atom stereocenters. The zero-order valence-electron chi connectivity index (χ0n) is 21.8. The molecule has 1 aliphatic rings. The van der Waals surface area contributed by atoms with E-state index in [0.29, 0.717) is 26.2 Å². The number of nitrogens with one attached hydrogen (secondary N) is 1. The van der Waals surface area contributed by atoms with Gasteiger partial charge in [0.05, 0.1) is 45.0 Å². The standard InChI is InChI=1S/C26H30Cl2F3N5O3S/c1-2-40(38,39)22-6-5-17(27)10-16(22)12-36-15-34-24-19(25(36)37)11-21(26(29,30)31)20(23(24)28)14-35-9-3-4-18(13-35)33-8-7-32/h5-6,10-11,15,18,33H,2-4,7-9,12-14,32H2,1H3/t18-/m0/s1. The molecule has 4 rings (SSSR count). The summed E-state index contributed by atoms with van der Waals surface area (Å²) in [6.45, 7) is 3.37. The van der Waals surface area contributed by atoms with E-state index in [1.165, 1.54) is 25.1 Å². The molecule has 2 heterocycles. The van der Waals surface area contributed by atoms with Gasteiger partial charge in [-0.25, -0.2) is 13.4 Å². The Morgan fingerprint density at radius 3 is 2.62 bits per heavy atom. The van der Waals surface area contributed by atoms with E-state index in [2.05, 4.69) is 10.3 Å². The number of likely N-dealkylation sites (tertiary alicyclic amines) is 1. The number of piperidine rings is 1. The largest absolute Gasteiger partial charge is 0.416 e. The smallest absolute Gasteiger partial charge is 0.329 e. The van der Waals surface area contributed by atoms with Crippen molar-refractivity contribution in [2.75, 3.05) is 31.9 Å². The van der Waals surface area contributed by atoms with Crippen molar-refractivity contribution >= 4 is 43.9 Å². The third kappa shape index (κ3) is 6.63. The summed E-state index contributed by atoms with van der Waals surface area (Å²) in [4.78, 5) is 19.5. The fourth-order valence-corrected chi connectivity index (χ4v) is 6.63. The number of nitrogens with zero attached hydrogens (tertiary/aromatic N) is 3. The second-order valence-electron chi connectivity index (χ2n) is 9.76. The van der Waals surface area contributed by atoms with Gasteiger partial charge in [0.25, 0.3) is 5.56 Å². The molecule has 14 heteroatoms. The molecule has 0 spiro atoms. The van der Waals surface area contributed by atoms with Crippen molar-refractivity contribution < 1.29 is 21.6 Å². The average molecular weight is 621 g/mol. The fourth-order valence-electron chi connectivity index (χ4n) is 5.01. The van der Waals surface area contributed by atoms with Crippen LogP contribution in [-0.4, -0.2) is 60.8 Å². The van der Waals surface area contributed by atoms with E-state index in [1.807, 2.05) is 4.90 Å². The van der Waals surface area contributed by atoms with Gasteiger partial charge in [-0.05, 0) is 54.8 Å². The number of hydrogen-bond acceptors (Lipinski definition) is 7. The number of nitrogens with two attached hydrogens (primary N) is 1. The molecule has 0 unspecified atom stereocenters. The monoisotopic (exact) mass is 619 g/mol. The quantitative estimate of drug-likeness (QED) is 0.371. The summed E-state index contributed by atoms with van der Waals surface area (Å²) in [5, 5.41) is 3.01. The first-order chi connectivity index (χ1) is 18.9. The first-order valence-corrected chi connectivity index (χ1v) is 15.2. The Morgan fingerprint density at radius 1 is 1.20 bits per heavy atom. The summed E-state index contributed by atoms with van der Waals surface area (Å²) in [7, 11) is -3.66. The summed E-state index contributed by atoms with van der Waals surface area (Å²) < 4.78 is 69.1. The van der Waals surface area contributed by atoms with Gasteiger partial charge in [-0.1, -0.05) is 30.1 Å². The average Bonchev–Trinajstić information content (AvgIpc) is 2.90. The number of aromatic nitrogens is 2. The molecule has 2 aromatic carbocycles. The number of halogens is 5. The zero-order valence-corrected chi connectivity index (χ0v) is 24.1. The van der Waals surface area contributed by atoms with Gasteiger partial charge in [-0.15, -0.1) is 0 Å². The van der Waals surface area contributed by atoms with Crippen LogP contribution in [-0.2, 0) is 29.1 Å². The van der Waals surface area contributed by atoms with Crippen LogP contribution in [0.15, 0.2) is 40.3 Å². The highest BCUT2D eigenvalue weighted by Gasteiger charge is 2.37. The van der Waals surface area contributed by atoms with Crippen LogP contribution >= 0.6 is 23.2 Å². The predicted octanol–water partition coefficient (Wildman–Crippen LogP) is 4.08. The van der Waals surface area contributed by atoms with Gasteiger partial charge in [0.2, 0.25) is 0 Å². The minimum Gasteiger partial charge on any atom is -0.329 e. The highest BCUT2D eigenvalue weighted by Crippen LogP contribution is 2.39. The normalized spacial score (nSPS) is 17.0. The molecule has 0 amide bonds. The van der Waals surface area contributed by atoms with E-state index >= 15 is 0 Å². The first kappa shape index (κ1) is 30.7. The van der Waals surface area contributed by atoms with Gasteiger partial charge in [0, 0.05) is 37.2 Å². The lowest BCUT2D eigenvalue weighted by molar-refractivity contribution is -0.138. The van der Waals surface area contributed by atoms with Crippen molar-refractivity contribution in [2.24, 2.45) is 5.73 Å². The number of fused-ring (bicyclic) bond motifs is 1. The Balaban J connectivity index is 1.76. The molecule has 0 radical (unpaired) electrons. The molecular formula is C26H30Cl2F3N5O3S. The van der Waals surface area contributed by atoms with Crippen molar-refractivity contribution in [1.82, 2.24) is 19.8 Å². The van der Waals surface area contributed by atoms with Gasteiger partial charge in [0.1, 0.15) is 0 Å². The molecule has 1 fully saturated rings. The maximum absolute atomic E-state index is 14.3. The molecule has 0 saturated carbocycles. The van der Waals surface area contributed by atoms with E-state index in [0.717, 1.165) is 29.8 Å². The molecule has 0 aliphatic carbocycles. The van der Waals surface area contributed by atoms with E-state index in [-0.39, 0.29) is 61.9 Å². The van der Waals surface area contributed by atoms with Crippen molar-refractivity contribution in [3.05, 3.63) is 67.7 Å². The van der Waals surface area contributed by atoms with E-state index in [4.69, 9.17) is 28.9 Å². The third-order valence-electron chi connectivity index (χ3n) is 7.01. The summed E-state index contributed by atoms with van der Waals surface area (Å²) in [6.07, 6.45) is -1.92. The summed E-state index contributed by atoms with van der Waals surface area (Å²) in [6, 6.07) is 5.07. The number of sulfone groups is 1. The number of rotatable bonds is 9. The van der Waals surface area contributed by atoms with E-state index in [9.17, 15) is 26.4 Å². The lowest BCUT2D eigenvalue weighted by Gasteiger charge is -2.34. The van der Waals surface area contributed by atoms with Crippen LogP contribution < -0.4 is 16.6 Å². The second-order valence-corrected chi connectivity index (χ2v) is 12.8. The third-order valence-corrected chi connectivity index (χ3v) is 9.48. The molecule has 1 saturated heterocycles. The van der Waals surface area contributed by atoms with Crippen molar-refractivity contribution in [1.29, 1.82) is 0 Å². The van der Waals surface area contributed by atoms with Gasteiger partial charge in [0.15, 0.2) is 9.84 Å². The SMILES string of the molecule is CCS(=O)(=O)c1ccc(Cl)cc1Cn1cnc2c(Cl)c(CN3CCC[C@H](NCCN)C3)c(C(F)(F)F)cc2c1=O. The Morgan fingerprint density at radius 2 is 1.95 bits per heavy atom. The van der Waals surface area contributed by atoms with Crippen molar-refractivity contribution in [3.8, 4) is 0 Å². The number of benzene rings is 2. The Bertz CT molecular complexity index is 1560. The Labute approximate surface area is 240 Å².